The van der Waals surface area contributed by atoms with Gasteiger partial charge in [-0.3, -0.25) is 9.36 Å². The molecule has 0 unspecified atom stereocenters. The van der Waals surface area contributed by atoms with Crippen molar-refractivity contribution in [2.24, 2.45) is 23.2 Å². The molecule has 1 amide bonds. The number of nitrogens with zero attached hydrogens (tertiary/aromatic N) is 4. The normalized spacial score (nSPS) is 39.9. The summed E-state index contributed by atoms with van der Waals surface area (Å²) in [6.45, 7) is 3.39. The Labute approximate surface area is 229 Å². The number of anilines is 1. The fourth-order valence-corrected chi connectivity index (χ4v) is 9.40. The van der Waals surface area contributed by atoms with E-state index in [-0.39, 0.29) is 5.91 Å². The minimum Gasteiger partial charge on any atom is -0.368 e. The van der Waals surface area contributed by atoms with Crippen LogP contribution < -0.4 is 10.6 Å². The van der Waals surface area contributed by atoms with E-state index in [4.69, 9.17) is 19.2 Å². The number of amides is 1. The van der Waals surface area contributed by atoms with Crippen molar-refractivity contribution < 1.29 is 19.0 Å². The number of carbonyl (C=O) groups excluding carboxylic acids is 1. The molecule has 7 aliphatic rings. The maximum atomic E-state index is 13.0. The molecule has 5 aliphatic carbocycles. The van der Waals surface area contributed by atoms with Crippen LogP contribution in [-0.4, -0.2) is 62.6 Å². The summed E-state index contributed by atoms with van der Waals surface area (Å²) in [4.78, 5) is 27.0. The van der Waals surface area contributed by atoms with Gasteiger partial charge in [0.05, 0.1) is 6.33 Å². The van der Waals surface area contributed by atoms with E-state index in [2.05, 4.69) is 20.6 Å². The molecule has 0 aromatic carbocycles. The molecule has 39 heavy (non-hydrogen) atoms. The van der Waals surface area contributed by atoms with Crippen LogP contribution in [0.5, 0.6) is 0 Å². The van der Waals surface area contributed by atoms with E-state index >= 15 is 0 Å². The number of likely N-dealkylation sites (N-methyl/N-ethyl adjacent to an activating group) is 1. The monoisotopic (exact) mass is 536 g/mol. The number of ether oxygens (including phenoxy) is 3. The van der Waals surface area contributed by atoms with Crippen molar-refractivity contribution in [3.8, 4) is 0 Å². The highest BCUT2D eigenvalue weighted by molar-refractivity contribution is 5.83. The van der Waals surface area contributed by atoms with Crippen molar-refractivity contribution in [3.63, 3.8) is 0 Å². The molecular formula is C29H40N6O4. The Morgan fingerprint density at radius 2 is 1.72 bits per heavy atom. The second-order valence-electron chi connectivity index (χ2n) is 13.3. The summed E-state index contributed by atoms with van der Waals surface area (Å²) in [6.07, 6.45) is 14.5. The summed E-state index contributed by atoms with van der Waals surface area (Å²) < 4.78 is 21.5. The van der Waals surface area contributed by atoms with E-state index in [0.29, 0.717) is 17.6 Å². The Hall–Kier alpha value is -2.30. The van der Waals surface area contributed by atoms with Gasteiger partial charge in [0.1, 0.15) is 18.5 Å². The Balaban J connectivity index is 1.07. The maximum absolute atomic E-state index is 13.0. The number of nitrogens with one attached hydrogen (secondary N) is 2. The topological polar surface area (TPSA) is 112 Å². The highest BCUT2D eigenvalue weighted by atomic mass is 16.8. The molecule has 210 valence electrons. The van der Waals surface area contributed by atoms with Crippen molar-refractivity contribution in [1.82, 2.24) is 24.8 Å². The molecule has 0 radical (unpaired) electrons. The SMILES string of the molecule is CCNC(=O)[C@H]1O[C@@H](n2cnc3c(NCC45CC6CC(CC(C6)C4)C5)ncnc32)[C@@H]2OC3(CCCCC3)O[C@@H]21. The lowest BCUT2D eigenvalue weighted by atomic mass is 9.49. The molecule has 1 spiro atoms. The van der Waals surface area contributed by atoms with Crippen LogP contribution in [0.4, 0.5) is 5.82 Å². The maximum Gasteiger partial charge on any atom is 0.252 e. The van der Waals surface area contributed by atoms with Crippen molar-refractivity contribution in [2.45, 2.75) is 108 Å². The van der Waals surface area contributed by atoms with E-state index in [0.717, 1.165) is 61.3 Å². The summed E-state index contributed by atoms with van der Waals surface area (Å²) in [5.41, 5.74) is 1.81. The summed E-state index contributed by atoms with van der Waals surface area (Å²) in [7, 11) is 0. The van der Waals surface area contributed by atoms with Crippen LogP contribution in [0, 0.1) is 23.2 Å². The first-order chi connectivity index (χ1) is 19.0. The first-order valence-electron chi connectivity index (χ1n) is 15.2. The minimum absolute atomic E-state index is 0.163. The number of imidazole rings is 1. The Morgan fingerprint density at radius 1 is 1.00 bits per heavy atom. The van der Waals surface area contributed by atoms with E-state index in [1.807, 2.05) is 11.5 Å². The predicted octanol–water partition coefficient (Wildman–Crippen LogP) is 3.93. The van der Waals surface area contributed by atoms with Crippen LogP contribution in [0.3, 0.4) is 0 Å². The number of hydrogen-bond donors (Lipinski definition) is 2. The zero-order chi connectivity index (χ0) is 26.2. The summed E-state index contributed by atoms with van der Waals surface area (Å²) in [6, 6.07) is 0. The number of fused-ring (bicyclic) bond motifs is 2. The number of rotatable bonds is 6. The van der Waals surface area contributed by atoms with Gasteiger partial charge in [-0.2, -0.15) is 0 Å². The average molecular weight is 537 g/mol. The third-order valence-electron chi connectivity index (χ3n) is 10.5. The van der Waals surface area contributed by atoms with E-state index < -0.39 is 30.3 Å². The van der Waals surface area contributed by atoms with Gasteiger partial charge in [-0.25, -0.2) is 15.0 Å². The first kappa shape index (κ1) is 24.5. The van der Waals surface area contributed by atoms with Gasteiger partial charge in [0.2, 0.25) is 0 Å². The van der Waals surface area contributed by atoms with Crippen LogP contribution in [0.25, 0.3) is 11.2 Å². The second-order valence-corrected chi connectivity index (χ2v) is 13.3. The summed E-state index contributed by atoms with van der Waals surface area (Å²) >= 11 is 0. The molecule has 4 atom stereocenters. The van der Waals surface area contributed by atoms with Gasteiger partial charge in [-0.05, 0) is 81.5 Å². The molecule has 4 bridgehead atoms. The Kier molecular flexibility index (Phi) is 5.72. The number of hydrogen-bond acceptors (Lipinski definition) is 8. The van der Waals surface area contributed by atoms with E-state index in [1.165, 1.54) is 44.9 Å². The average Bonchev–Trinajstić information content (AvgIpc) is 3.59. The quantitative estimate of drug-likeness (QED) is 0.571. The molecule has 5 saturated carbocycles. The van der Waals surface area contributed by atoms with E-state index in [1.54, 1.807) is 12.7 Å². The molecule has 10 heteroatoms. The minimum atomic E-state index is -0.741. The lowest BCUT2D eigenvalue weighted by molar-refractivity contribution is -0.229. The summed E-state index contributed by atoms with van der Waals surface area (Å²) in [5, 5.41) is 6.61. The van der Waals surface area contributed by atoms with E-state index in [9.17, 15) is 4.79 Å². The zero-order valence-corrected chi connectivity index (χ0v) is 22.8. The molecule has 2 saturated heterocycles. The third kappa shape index (κ3) is 4.00. The molecule has 10 nitrogen and oxygen atoms in total. The van der Waals surface area contributed by atoms with Gasteiger partial charge in [-0.15, -0.1) is 0 Å². The summed E-state index contributed by atoms with van der Waals surface area (Å²) in [5.74, 6) is 2.72. The highest BCUT2D eigenvalue weighted by Gasteiger charge is 2.61. The van der Waals surface area contributed by atoms with Crippen molar-refractivity contribution in [3.05, 3.63) is 12.7 Å². The molecule has 7 fully saturated rings. The largest absolute Gasteiger partial charge is 0.368 e. The van der Waals surface area contributed by atoms with Gasteiger partial charge >= 0.3 is 0 Å². The number of aromatic nitrogens is 4. The smallest absolute Gasteiger partial charge is 0.252 e. The Bertz CT molecular complexity index is 1220. The zero-order valence-electron chi connectivity index (χ0n) is 22.8. The molecule has 2 aliphatic heterocycles. The fourth-order valence-electron chi connectivity index (χ4n) is 9.40. The van der Waals surface area contributed by atoms with Gasteiger partial charge in [-0.1, -0.05) is 6.42 Å². The lowest BCUT2D eigenvalue weighted by Crippen LogP contribution is -2.49. The molecule has 9 rings (SSSR count). The molecule has 2 aromatic heterocycles. The van der Waals surface area contributed by atoms with Crippen LogP contribution in [-0.2, 0) is 19.0 Å². The van der Waals surface area contributed by atoms with Crippen molar-refractivity contribution in [2.75, 3.05) is 18.4 Å². The van der Waals surface area contributed by atoms with Crippen LogP contribution >= 0.6 is 0 Å². The Morgan fingerprint density at radius 3 is 2.44 bits per heavy atom. The van der Waals surface area contributed by atoms with Crippen molar-refractivity contribution in [1.29, 1.82) is 0 Å². The van der Waals surface area contributed by atoms with Gasteiger partial charge in [0.15, 0.2) is 35.1 Å². The fraction of sp³-hybridized carbons (Fsp3) is 0.793. The predicted molar refractivity (Wildman–Crippen MR) is 143 cm³/mol. The second kappa shape index (κ2) is 9.11. The van der Waals surface area contributed by atoms with Gasteiger partial charge < -0.3 is 24.8 Å². The van der Waals surface area contributed by atoms with Crippen LogP contribution in [0.1, 0.15) is 83.8 Å². The number of carbonyl (C=O) groups is 1. The standard InChI is InChI=1S/C29H40N6O4/c1-2-30-26(36)22-21-23(39-29(38-21)6-4-3-5-7-29)27(37-22)35-16-34-20-24(32-15-33-25(20)35)31-14-28-11-17-8-18(12-28)10-19(9-17)13-28/h15-19,21-23,27H,2-14H2,1H3,(H,30,36)(H,31,32,33)/t17?,18?,19?,21-,22+,23-,27-,28?/m1/s1. The highest BCUT2D eigenvalue weighted by Crippen LogP contribution is 2.60. The van der Waals surface area contributed by atoms with Crippen LogP contribution in [0.15, 0.2) is 12.7 Å². The van der Waals surface area contributed by atoms with Crippen LogP contribution in [0.2, 0.25) is 0 Å². The molecule has 2 N–H and O–H groups in total. The van der Waals surface area contributed by atoms with Gasteiger partial charge in [0, 0.05) is 25.9 Å². The lowest BCUT2D eigenvalue weighted by Gasteiger charge is -2.57. The first-order valence-corrected chi connectivity index (χ1v) is 15.2. The molecule has 4 heterocycles. The molecule has 2 aromatic rings. The third-order valence-corrected chi connectivity index (χ3v) is 10.5. The van der Waals surface area contributed by atoms with Crippen molar-refractivity contribution >= 4 is 22.9 Å². The van der Waals surface area contributed by atoms with Gasteiger partial charge in [0.25, 0.3) is 5.91 Å². The molecular weight excluding hydrogens is 496 g/mol.